The number of aliphatic hydroxyl groups excluding tert-OH is 1. The van der Waals surface area contributed by atoms with Gasteiger partial charge in [0.2, 0.25) is 0 Å². The lowest BCUT2D eigenvalue weighted by atomic mass is 9.92. The Hall–Kier alpha value is -1.36. The molecule has 0 bridgehead atoms. The van der Waals surface area contributed by atoms with E-state index >= 15 is 0 Å². The molecule has 1 N–H and O–H groups in total. The number of aliphatic hydroxyl groups is 1. The molecule has 1 atom stereocenters. The van der Waals surface area contributed by atoms with Crippen molar-refractivity contribution in [3.63, 3.8) is 0 Å². The molecule has 5 nitrogen and oxygen atoms in total. The highest BCUT2D eigenvalue weighted by molar-refractivity contribution is 5.28. The highest BCUT2D eigenvalue weighted by Gasteiger charge is 2.28. The first kappa shape index (κ1) is 8.73. The van der Waals surface area contributed by atoms with Gasteiger partial charge in [-0.15, -0.1) is 9.81 Å². The topological polar surface area (TPSA) is 79.1 Å². The van der Waals surface area contributed by atoms with Crippen molar-refractivity contribution in [2.24, 2.45) is 10.4 Å². The number of nitrogens with zero attached hydrogens (tertiary/aromatic N) is 2. The average Bonchev–Trinajstić information content (AvgIpc) is 2.18. The van der Waals surface area contributed by atoms with Crippen LogP contribution < -0.4 is 0 Å². The SMILES string of the molecule is O=NC1=CCC(CO)(N=O)C=C1. The predicted molar refractivity (Wildman–Crippen MR) is 43.2 cm³/mol. The van der Waals surface area contributed by atoms with E-state index in [0.717, 1.165) is 0 Å². The van der Waals surface area contributed by atoms with Crippen LogP contribution in [0.5, 0.6) is 0 Å². The number of nitroso groups, excluding NO2 is 2. The molecule has 1 aliphatic carbocycles. The predicted octanol–water partition coefficient (Wildman–Crippen LogP) is 1.09. The van der Waals surface area contributed by atoms with Gasteiger partial charge in [0.05, 0.1) is 6.61 Å². The summed E-state index contributed by atoms with van der Waals surface area (Å²) in [5.41, 5.74) is -0.823. The van der Waals surface area contributed by atoms with E-state index in [4.69, 9.17) is 5.11 Å². The van der Waals surface area contributed by atoms with Crippen molar-refractivity contribution in [1.82, 2.24) is 0 Å². The van der Waals surface area contributed by atoms with Gasteiger partial charge in [0, 0.05) is 6.42 Å². The van der Waals surface area contributed by atoms with Gasteiger partial charge in [-0.05, 0) is 17.3 Å². The Labute approximate surface area is 68.7 Å². The smallest absolute Gasteiger partial charge is 0.147 e. The van der Waals surface area contributed by atoms with E-state index in [1.165, 1.54) is 18.2 Å². The lowest BCUT2D eigenvalue weighted by Crippen LogP contribution is -2.28. The number of hydrogen-bond acceptors (Lipinski definition) is 5. The molecule has 0 aliphatic heterocycles. The fourth-order valence-electron chi connectivity index (χ4n) is 0.939. The summed E-state index contributed by atoms with van der Waals surface area (Å²) in [5.74, 6) is 0. The summed E-state index contributed by atoms with van der Waals surface area (Å²) < 4.78 is 0. The minimum Gasteiger partial charge on any atom is -0.393 e. The summed E-state index contributed by atoms with van der Waals surface area (Å²) in [6.45, 7) is -0.352. The molecular formula is C7H8N2O3. The summed E-state index contributed by atoms with van der Waals surface area (Å²) in [6.07, 6.45) is 4.49. The van der Waals surface area contributed by atoms with Gasteiger partial charge in [-0.2, -0.15) is 0 Å². The maximum Gasteiger partial charge on any atom is 0.147 e. The van der Waals surface area contributed by atoms with Crippen LogP contribution >= 0.6 is 0 Å². The van der Waals surface area contributed by atoms with Gasteiger partial charge in [0.1, 0.15) is 11.2 Å². The van der Waals surface area contributed by atoms with Gasteiger partial charge in [-0.1, -0.05) is 11.3 Å². The molecule has 0 radical (unpaired) electrons. The van der Waals surface area contributed by atoms with Crippen LogP contribution in [0, 0.1) is 9.81 Å². The van der Waals surface area contributed by atoms with Crippen LogP contribution in [-0.4, -0.2) is 17.3 Å². The Morgan fingerprint density at radius 2 is 2.33 bits per heavy atom. The Kier molecular flexibility index (Phi) is 2.44. The fraction of sp³-hybridized carbons (Fsp3) is 0.429. The highest BCUT2D eigenvalue weighted by atomic mass is 16.3. The largest absolute Gasteiger partial charge is 0.393 e. The molecule has 1 rings (SSSR count). The second kappa shape index (κ2) is 3.36. The van der Waals surface area contributed by atoms with Crippen LogP contribution in [0.4, 0.5) is 0 Å². The summed E-state index contributed by atoms with van der Waals surface area (Å²) in [4.78, 5) is 20.3. The Balaban J connectivity index is 2.80. The Bertz CT molecular complexity index is 259. The fourth-order valence-corrected chi connectivity index (χ4v) is 0.939. The van der Waals surface area contributed by atoms with Gasteiger partial charge in [0.25, 0.3) is 0 Å². The van der Waals surface area contributed by atoms with Crippen LogP contribution in [-0.2, 0) is 0 Å². The zero-order valence-electron chi connectivity index (χ0n) is 6.30. The lowest BCUT2D eigenvalue weighted by molar-refractivity contribution is 0.227. The highest BCUT2D eigenvalue weighted by Crippen LogP contribution is 2.24. The second-order valence-electron chi connectivity index (χ2n) is 2.61. The van der Waals surface area contributed by atoms with Crippen molar-refractivity contribution >= 4 is 0 Å². The van der Waals surface area contributed by atoms with Gasteiger partial charge in [0.15, 0.2) is 0 Å². The summed E-state index contributed by atoms with van der Waals surface area (Å²) in [6, 6.07) is 0. The first-order valence-corrected chi connectivity index (χ1v) is 3.44. The van der Waals surface area contributed by atoms with Gasteiger partial charge >= 0.3 is 0 Å². The molecule has 0 aromatic rings. The van der Waals surface area contributed by atoms with Crippen LogP contribution in [0.3, 0.4) is 0 Å². The van der Waals surface area contributed by atoms with Crippen molar-refractivity contribution in [3.05, 3.63) is 33.7 Å². The normalized spacial score (nSPS) is 27.9. The Morgan fingerprint density at radius 1 is 1.58 bits per heavy atom. The molecule has 0 aromatic carbocycles. The lowest BCUT2D eigenvalue weighted by Gasteiger charge is -2.20. The van der Waals surface area contributed by atoms with Gasteiger partial charge in [-0.3, -0.25) is 0 Å². The van der Waals surface area contributed by atoms with Crippen molar-refractivity contribution in [1.29, 1.82) is 0 Å². The first-order chi connectivity index (χ1) is 5.76. The van der Waals surface area contributed by atoms with E-state index in [0.29, 0.717) is 0 Å². The maximum atomic E-state index is 10.3. The quantitative estimate of drug-likeness (QED) is 0.640. The molecule has 0 spiro atoms. The number of hydrogen-bond donors (Lipinski definition) is 1. The van der Waals surface area contributed by atoms with E-state index in [2.05, 4.69) is 10.4 Å². The van der Waals surface area contributed by atoms with Crippen LogP contribution in [0.2, 0.25) is 0 Å². The minimum absolute atomic E-state index is 0.227. The molecule has 5 heteroatoms. The van der Waals surface area contributed by atoms with E-state index in [1.807, 2.05) is 0 Å². The van der Waals surface area contributed by atoms with E-state index in [1.54, 1.807) is 0 Å². The third-order valence-corrected chi connectivity index (χ3v) is 1.79. The van der Waals surface area contributed by atoms with Gasteiger partial charge < -0.3 is 5.11 Å². The minimum atomic E-state index is -1.09. The van der Waals surface area contributed by atoms with Crippen LogP contribution in [0.1, 0.15) is 6.42 Å². The molecule has 12 heavy (non-hydrogen) atoms. The summed E-state index contributed by atoms with van der Waals surface area (Å²) in [7, 11) is 0. The zero-order chi connectivity index (χ0) is 9.03. The molecule has 1 unspecified atom stereocenters. The number of rotatable bonds is 3. The molecule has 0 amide bonds. The monoisotopic (exact) mass is 168 g/mol. The number of allylic oxidation sites excluding steroid dienone is 1. The van der Waals surface area contributed by atoms with E-state index < -0.39 is 5.54 Å². The second-order valence-corrected chi connectivity index (χ2v) is 2.61. The third kappa shape index (κ3) is 1.45. The molecule has 0 aromatic heterocycles. The Morgan fingerprint density at radius 3 is 2.67 bits per heavy atom. The summed E-state index contributed by atoms with van der Waals surface area (Å²) >= 11 is 0. The van der Waals surface area contributed by atoms with E-state index in [-0.39, 0.29) is 18.7 Å². The molecule has 0 fully saturated rings. The maximum absolute atomic E-state index is 10.3. The first-order valence-electron chi connectivity index (χ1n) is 3.44. The van der Waals surface area contributed by atoms with Crippen LogP contribution in [0.25, 0.3) is 0 Å². The molecular weight excluding hydrogens is 160 g/mol. The molecule has 0 heterocycles. The molecule has 64 valence electrons. The van der Waals surface area contributed by atoms with Crippen molar-refractivity contribution in [2.45, 2.75) is 12.0 Å². The van der Waals surface area contributed by atoms with E-state index in [9.17, 15) is 9.81 Å². The molecule has 1 aliphatic rings. The summed E-state index contributed by atoms with van der Waals surface area (Å²) in [5, 5.41) is 14.3. The van der Waals surface area contributed by atoms with Crippen molar-refractivity contribution < 1.29 is 5.11 Å². The molecule has 0 saturated carbocycles. The average molecular weight is 168 g/mol. The van der Waals surface area contributed by atoms with Gasteiger partial charge in [-0.25, -0.2) is 0 Å². The van der Waals surface area contributed by atoms with Crippen molar-refractivity contribution in [2.75, 3.05) is 6.61 Å². The van der Waals surface area contributed by atoms with Crippen LogP contribution in [0.15, 0.2) is 34.3 Å². The molecule has 0 saturated heterocycles. The standard InChI is InChI=1S/C7H8N2O3/c10-5-7(9-12)3-1-6(8-11)2-4-7/h1-3,10H,4-5H2. The van der Waals surface area contributed by atoms with Crippen molar-refractivity contribution in [3.8, 4) is 0 Å². The third-order valence-electron chi connectivity index (χ3n) is 1.79. The zero-order valence-corrected chi connectivity index (χ0v) is 6.30.